The van der Waals surface area contributed by atoms with Gasteiger partial charge in [-0.1, -0.05) is 97.1 Å². The highest BCUT2D eigenvalue weighted by Gasteiger charge is 2.25. The molecule has 0 saturated carbocycles. The van der Waals surface area contributed by atoms with E-state index in [1.165, 1.54) is 60.5 Å². The summed E-state index contributed by atoms with van der Waals surface area (Å²) in [6.45, 7) is 0. The van der Waals surface area contributed by atoms with Gasteiger partial charge in [0.2, 0.25) is 0 Å². The number of hydrogen-bond acceptors (Lipinski definition) is 1. The zero-order valence-corrected chi connectivity index (χ0v) is 20.0. The Kier molecular flexibility index (Phi) is 3.61. The molecule has 2 nitrogen and oxygen atoms in total. The molecular weight excluding hydrogens is 450 g/mol. The van der Waals surface area contributed by atoms with Crippen LogP contribution in [-0.4, -0.2) is 4.57 Å². The maximum Gasteiger partial charge on any atom is 0.143 e. The van der Waals surface area contributed by atoms with Gasteiger partial charge in [0.15, 0.2) is 0 Å². The molecule has 0 amide bonds. The molecule has 0 atom stereocenters. The first-order valence-electron chi connectivity index (χ1n) is 12.8. The molecule has 37 heavy (non-hydrogen) atoms. The number of aromatic nitrogens is 1. The maximum absolute atomic E-state index is 6.80. The van der Waals surface area contributed by atoms with Gasteiger partial charge in [-0.15, -0.1) is 0 Å². The van der Waals surface area contributed by atoms with Crippen LogP contribution in [0.25, 0.3) is 71.3 Å². The Bertz CT molecular complexity index is 2170. The third kappa shape index (κ3) is 2.45. The van der Waals surface area contributed by atoms with Crippen molar-refractivity contribution in [1.29, 1.82) is 0 Å². The molecule has 1 aliphatic rings. The van der Waals surface area contributed by atoms with E-state index in [0.717, 1.165) is 28.4 Å². The number of benzene rings is 6. The van der Waals surface area contributed by atoms with Crippen molar-refractivity contribution in [2.75, 3.05) is 0 Å². The van der Waals surface area contributed by atoms with Crippen molar-refractivity contribution in [3.63, 3.8) is 0 Å². The highest BCUT2D eigenvalue weighted by Crippen LogP contribution is 2.46. The molecule has 0 fully saturated rings. The number of hydrogen-bond donors (Lipinski definition) is 0. The zero-order chi connectivity index (χ0) is 24.1. The summed E-state index contributed by atoms with van der Waals surface area (Å²) < 4.78 is 9.23. The second-order valence-corrected chi connectivity index (χ2v) is 10.1. The summed E-state index contributed by atoms with van der Waals surface area (Å²) in [5, 5.41) is 7.23. The summed E-state index contributed by atoms with van der Waals surface area (Å²) in [5.74, 6) is 0. The fourth-order valence-corrected chi connectivity index (χ4v) is 6.62. The Morgan fingerprint density at radius 3 is 1.89 bits per heavy atom. The highest BCUT2D eigenvalue weighted by atomic mass is 16.3. The van der Waals surface area contributed by atoms with Crippen molar-refractivity contribution in [2.24, 2.45) is 0 Å². The molecule has 0 radical (unpaired) electrons. The maximum atomic E-state index is 6.80. The van der Waals surface area contributed by atoms with Gasteiger partial charge in [-0.05, 0) is 41.3 Å². The molecule has 0 saturated heterocycles. The second-order valence-electron chi connectivity index (χ2n) is 10.1. The van der Waals surface area contributed by atoms with Crippen LogP contribution >= 0.6 is 0 Å². The normalized spacial score (nSPS) is 12.8. The van der Waals surface area contributed by atoms with Gasteiger partial charge in [0.25, 0.3) is 0 Å². The second kappa shape index (κ2) is 6.89. The molecule has 172 valence electrons. The lowest BCUT2D eigenvalue weighted by atomic mass is 10.00. The van der Waals surface area contributed by atoms with E-state index in [1.807, 2.05) is 0 Å². The van der Waals surface area contributed by atoms with Gasteiger partial charge in [0.1, 0.15) is 11.2 Å². The van der Waals surface area contributed by atoms with E-state index in [9.17, 15) is 0 Å². The molecule has 0 unspecified atom stereocenters. The van der Waals surface area contributed by atoms with Crippen LogP contribution in [0.4, 0.5) is 0 Å². The van der Waals surface area contributed by atoms with Crippen LogP contribution in [0.2, 0.25) is 0 Å². The van der Waals surface area contributed by atoms with E-state index < -0.39 is 0 Å². The lowest BCUT2D eigenvalue weighted by molar-refractivity contribution is 0.673. The Morgan fingerprint density at radius 1 is 0.486 bits per heavy atom. The van der Waals surface area contributed by atoms with Crippen LogP contribution in [0.1, 0.15) is 11.1 Å². The lowest BCUT2D eigenvalue weighted by Gasteiger charge is -2.12. The van der Waals surface area contributed by atoms with Gasteiger partial charge >= 0.3 is 0 Å². The molecular formula is C35H21NO. The first-order valence-corrected chi connectivity index (χ1v) is 12.8. The minimum atomic E-state index is 0.964. The molecule has 2 heteroatoms. The first-order chi connectivity index (χ1) is 18.4. The quantitative estimate of drug-likeness (QED) is 0.233. The van der Waals surface area contributed by atoms with E-state index in [0.29, 0.717) is 0 Å². The van der Waals surface area contributed by atoms with Crippen molar-refractivity contribution < 1.29 is 4.42 Å². The molecule has 8 aromatic rings. The Morgan fingerprint density at radius 2 is 1.11 bits per heavy atom. The summed E-state index contributed by atoms with van der Waals surface area (Å²) in [7, 11) is 0. The zero-order valence-electron chi connectivity index (χ0n) is 20.0. The molecule has 0 spiro atoms. The Balaban J connectivity index is 1.47. The molecule has 2 aromatic heterocycles. The van der Waals surface area contributed by atoms with Gasteiger partial charge in [-0.2, -0.15) is 0 Å². The molecule has 0 N–H and O–H groups in total. The van der Waals surface area contributed by atoms with E-state index >= 15 is 0 Å². The minimum Gasteiger partial charge on any atom is -0.455 e. The highest BCUT2D eigenvalue weighted by molar-refractivity contribution is 6.21. The van der Waals surface area contributed by atoms with Crippen molar-refractivity contribution in [3.8, 4) is 16.8 Å². The van der Waals surface area contributed by atoms with Gasteiger partial charge < -0.3 is 8.98 Å². The first kappa shape index (κ1) is 19.4. The molecule has 2 heterocycles. The van der Waals surface area contributed by atoms with Crippen LogP contribution in [-0.2, 0) is 6.42 Å². The number of nitrogens with zero attached hydrogens (tertiary/aromatic N) is 1. The average Bonchev–Trinajstić information content (AvgIpc) is 3.62. The third-order valence-corrected chi connectivity index (χ3v) is 8.20. The van der Waals surface area contributed by atoms with Crippen molar-refractivity contribution in [3.05, 3.63) is 126 Å². The van der Waals surface area contributed by atoms with E-state index in [4.69, 9.17) is 4.42 Å². The predicted molar refractivity (Wildman–Crippen MR) is 154 cm³/mol. The monoisotopic (exact) mass is 471 g/mol. The van der Waals surface area contributed by atoms with Gasteiger partial charge in [0, 0.05) is 37.9 Å². The van der Waals surface area contributed by atoms with Crippen LogP contribution in [0.3, 0.4) is 0 Å². The minimum absolute atomic E-state index is 0.964. The van der Waals surface area contributed by atoms with Crippen LogP contribution in [0.5, 0.6) is 0 Å². The molecule has 6 aromatic carbocycles. The molecule has 0 aliphatic heterocycles. The lowest BCUT2D eigenvalue weighted by Crippen LogP contribution is -1.95. The van der Waals surface area contributed by atoms with Gasteiger partial charge in [-0.3, -0.25) is 0 Å². The van der Waals surface area contributed by atoms with Crippen LogP contribution in [0.15, 0.2) is 120 Å². The van der Waals surface area contributed by atoms with Crippen molar-refractivity contribution in [2.45, 2.75) is 6.42 Å². The predicted octanol–water partition coefficient (Wildman–Crippen LogP) is 9.41. The van der Waals surface area contributed by atoms with E-state index in [-0.39, 0.29) is 0 Å². The Hall–Kier alpha value is -4.82. The van der Waals surface area contributed by atoms with Gasteiger partial charge in [-0.25, -0.2) is 0 Å². The fraction of sp³-hybridized carbons (Fsp3) is 0.0286. The number of rotatable bonds is 1. The van der Waals surface area contributed by atoms with Crippen LogP contribution < -0.4 is 0 Å². The molecule has 1 aliphatic carbocycles. The number of furan rings is 1. The summed E-state index contributed by atoms with van der Waals surface area (Å²) in [6, 6.07) is 41.7. The third-order valence-electron chi connectivity index (χ3n) is 8.20. The number of fused-ring (bicyclic) bond motifs is 12. The summed E-state index contributed by atoms with van der Waals surface area (Å²) in [5.41, 5.74) is 10.9. The van der Waals surface area contributed by atoms with E-state index in [2.05, 4.69) is 120 Å². The topological polar surface area (TPSA) is 18.1 Å². The molecule has 9 rings (SSSR count). The average molecular weight is 472 g/mol. The van der Waals surface area contributed by atoms with E-state index in [1.54, 1.807) is 0 Å². The SMILES string of the molecule is c1ccc2c(c1)Cc1ccc3c(oc4c5ccccc5c(-n5c6ccccc6c6ccccc65)cc34)c1-2. The number of para-hydroxylation sites is 2. The summed E-state index contributed by atoms with van der Waals surface area (Å²) in [6.07, 6.45) is 0.964. The van der Waals surface area contributed by atoms with Crippen LogP contribution in [0, 0.1) is 0 Å². The summed E-state index contributed by atoms with van der Waals surface area (Å²) in [4.78, 5) is 0. The molecule has 0 bridgehead atoms. The van der Waals surface area contributed by atoms with Crippen molar-refractivity contribution in [1.82, 2.24) is 4.57 Å². The smallest absolute Gasteiger partial charge is 0.143 e. The summed E-state index contributed by atoms with van der Waals surface area (Å²) >= 11 is 0. The van der Waals surface area contributed by atoms with Crippen molar-refractivity contribution >= 4 is 54.5 Å². The standard InChI is InChI=1S/C35H21NO/c1-2-10-23-21(9-1)19-22-17-18-28-29-20-32(26-13-3-4-14-27(26)34(29)37-35(28)33(22)23)36-30-15-7-5-11-24(30)25-12-6-8-16-31(25)36/h1-18,20H,19H2. The fourth-order valence-electron chi connectivity index (χ4n) is 6.62. The Labute approximate surface area is 213 Å². The largest absolute Gasteiger partial charge is 0.455 e. The van der Waals surface area contributed by atoms with Gasteiger partial charge in [0.05, 0.1) is 16.7 Å².